The van der Waals surface area contributed by atoms with Gasteiger partial charge in [0.1, 0.15) is 0 Å². The Kier molecular flexibility index (Phi) is 4.99. The molecule has 0 aromatic heterocycles. The zero-order valence-corrected chi connectivity index (χ0v) is 8.48. The SMILES string of the molecule is OP(O)OSSc1ccccc1. The number of rotatable bonds is 4. The minimum atomic E-state index is -2.25. The summed E-state index contributed by atoms with van der Waals surface area (Å²) in [6.45, 7) is 0. The second-order valence-electron chi connectivity index (χ2n) is 1.79. The first-order valence-electron chi connectivity index (χ1n) is 3.03. The molecule has 6 heteroatoms. The van der Waals surface area contributed by atoms with E-state index in [2.05, 4.69) is 3.97 Å². The van der Waals surface area contributed by atoms with Gasteiger partial charge in [-0.2, -0.15) is 0 Å². The van der Waals surface area contributed by atoms with Crippen molar-refractivity contribution in [3.05, 3.63) is 30.3 Å². The zero-order chi connectivity index (χ0) is 8.81. The fourth-order valence-electron chi connectivity index (χ4n) is 0.558. The van der Waals surface area contributed by atoms with Gasteiger partial charge in [-0.25, -0.2) is 3.97 Å². The highest BCUT2D eigenvalue weighted by atomic mass is 33.1. The van der Waals surface area contributed by atoms with E-state index in [0.29, 0.717) is 0 Å². The fraction of sp³-hybridized carbons (Fsp3) is 0. The highest BCUT2D eigenvalue weighted by Gasteiger charge is 2.00. The molecule has 0 unspecified atom stereocenters. The van der Waals surface area contributed by atoms with Crippen molar-refractivity contribution < 1.29 is 13.8 Å². The molecule has 0 heterocycles. The quantitative estimate of drug-likeness (QED) is 0.466. The molecule has 1 rings (SSSR count). The minimum Gasteiger partial charge on any atom is -0.327 e. The summed E-state index contributed by atoms with van der Waals surface area (Å²) in [7, 11) is -0.915. The molecular weight excluding hydrogens is 215 g/mol. The van der Waals surface area contributed by atoms with Gasteiger partial charge in [0, 0.05) is 4.90 Å². The van der Waals surface area contributed by atoms with Gasteiger partial charge in [0.05, 0.1) is 11.1 Å². The summed E-state index contributed by atoms with van der Waals surface area (Å²) in [6.07, 6.45) is 0. The van der Waals surface area contributed by atoms with E-state index in [9.17, 15) is 0 Å². The van der Waals surface area contributed by atoms with Crippen LogP contribution in [0.5, 0.6) is 0 Å². The van der Waals surface area contributed by atoms with Gasteiger partial charge < -0.3 is 9.79 Å². The first kappa shape index (κ1) is 10.3. The van der Waals surface area contributed by atoms with Crippen molar-refractivity contribution in [2.45, 2.75) is 4.90 Å². The molecule has 0 saturated heterocycles. The standard InChI is InChI=1S/C6H7O3PS2/c7-10(8)9-12-11-6-4-2-1-3-5-6/h1-5,7-8H. The Balaban J connectivity index is 2.25. The van der Waals surface area contributed by atoms with E-state index in [1.807, 2.05) is 30.3 Å². The predicted molar refractivity (Wildman–Crippen MR) is 52.3 cm³/mol. The van der Waals surface area contributed by atoms with Crippen LogP contribution in [0.1, 0.15) is 0 Å². The van der Waals surface area contributed by atoms with Crippen LogP contribution in [0, 0.1) is 0 Å². The Morgan fingerprint density at radius 2 is 1.83 bits per heavy atom. The van der Waals surface area contributed by atoms with E-state index < -0.39 is 8.60 Å². The number of benzene rings is 1. The van der Waals surface area contributed by atoms with Gasteiger partial charge >= 0.3 is 8.60 Å². The van der Waals surface area contributed by atoms with Crippen molar-refractivity contribution in [1.29, 1.82) is 0 Å². The van der Waals surface area contributed by atoms with E-state index >= 15 is 0 Å². The Hall–Kier alpha value is 0.230. The maximum absolute atomic E-state index is 8.39. The van der Waals surface area contributed by atoms with Crippen LogP contribution < -0.4 is 0 Å². The molecule has 2 N–H and O–H groups in total. The third-order valence-electron chi connectivity index (χ3n) is 0.971. The maximum Gasteiger partial charge on any atom is 0.340 e. The van der Waals surface area contributed by atoms with Crippen molar-refractivity contribution in [2.75, 3.05) is 0 Å². The summed E-state index contributed by atoms with van der Waals surface area (Å²) in [5.74, 6) is 0. The van der Waals surface area contributed by atoms with Crippen molar-refractivity contribution in [3.8, 4) is 0 Å². The summed E-state index contributed by atoms with van der Waals surface area (Å²) < 4.78 is 4.50. The van der Waals surface area contributed by atoms with Gasteiger partial charge in [-0.15, -0.1) is 0 Å². The normalized spacial score (nSPS) is 10.6. The van der Waals surface area contributed by atoms with Crippen molar-refractivity contribution in [3.63, 3.8) is 0 Å². The van der Waals surface area contributed by atoms with Crippen LogP contribution in [0.2, 0.25) is 0 Å². The summed E-state index contributed by atoms with van der Waals surface area (Å²) in [4.78, 5) is 17.8. The lowest BCUT2D eigenvalue weighted by Crippen LogP contribution is -1.68. The van der Waals surface area contributed by atoms with Crippen molar-refractivity contribution in [1.82, 2.24) is 0 Å². The molecule has 3 nitrogen and oxygen atoms in total. The molecule has 12 heavy (non-hydrogen) atoms. The van der Waals surface area contributed by atoms with Crippen molar-refractivity contribution in [2.24, 2.45) is 0 Å². The molecule has 0 bridgehead atoms. The van der Waals surface area contributed by atoms with Crippen LogP contribution in [0.4, 0.5) is 0 Å². The average molecular weight is 222 g/mol. The minimum absolute atomic E-state index is 0.960. The van der Waals surface area contributed by atoms with Crippen LogP contribution in [0.25, 0.3) is 0 Å². The van der Waals surface area contributed by atoms with Crippen molar-refractivity contribution >= 4 is 30.5 Å². The van der Waals surface area contributed by atoms with Crippen LogP contribution in [-0.2, 0) is 3.97 Å². The second-order valence-corrected chi connectivity index (χ2v) is 4.58. The van der Waals surface area contributed by atoms with E-state index in [4.69, 9.17) is 9.79 Å². The average Bonchev–Trinajstić information content (AvgIpc) is 2.05. The fourth-order valence-corrected chi connectivity index (χ4v) is 2.58. The molecule has 66 valence electrons. The molecule has 0 fully saturated rings. The first-order chi connectivity index (χ1) is 5.79. The topological polar surface area (TPSA) is 49.7 Å². The molecule has 0 radical (unpaired) electrons. The molecule has 0 aliphatic rings. The maximum atomic E-state index is 8.39. The molecule has 0 atom stereocenters. The molecule has 1 aromatic carbocycles. The molecule has 0 aliphatic carbocycles. The Bertz CT molecular complexity index is 219. The second kappa shape index (κ2) is 5.80. The van der Waals surface area contributed by atoms with E-state index in [0.717, 1.165) is 16.0 Å². The molecular formula is C6H7O3PS2. The van der Waals surface area contributed by atoms with E-state index in [1.54, 1.807) is 0 Å². The van der Waals surface area contributed by atoms with Crippen LogP contribution in [-0.4, -0.2) is 9.79 Å². The summed E-state index contributed by atoms with van der Waals surface area (Å²) in [6, 6.07) is 9.56. The molecule has 0 aliphatic heterocycles. The van der Waals surface area contributed by atoms with Gasteiger partial charge in [0.25, 0.3) is 0 Å². The third-order valence-corrected chi connectivity index (χ3v) is 3.61. The monoisotopic (exact) mass is 222 g/mol. The Morgan fingerprint density at radius 3 is 2.42 bits per heavy atom. The smallest absolute Gasteiger partial charge is 0.327 e. The molecule has 0 spiro atoms. The highest BCUT2D eigenvalue weighted by molar-refractivity contribution is 8.75. The molecule has 1 aromatic rings. The lowest BCUT2D eigenvalue weighted by atomic mass is 10.4. The highest BCUT2D eigenvalue weighted by Crippen LogP contribution is 2.41. The van der Waals surface area contributed by atoms with E-state index in [-0.39, 0.29) is 0 Å². The third kappa shape index (κ3) is 4.30. The van der Waals surface area contributed by atoms with Crippen LogP contribution >= 0.6 is 30.5 Å². The molecule has 0 saturated carbocycles. The van der Waals surface area contributed by atoms with Gasteiger partial charge in [-0.05, 0) is 22.9 Å². The largest absolute Gasteiger partial charge is 0.340 e. The van der Waals surface area contributed by atoms with E-state index in [1.165, 1.54) is 10.8 Å². The Morgan fingerprint density at radius 1 is 1.17 bits per heavy atom. The predicted octanol–water partition coefficient (Wildman–Crippen LogP) is 2.57. The van der Waals surface area contributed by atoms with Gasteiger partial charge in [0.15, 0.2) is 0 Å². The first-order valence-corrected chi connectivity index (χ1v) is 6.27. The molecule has 0 amide bonds. The van der Waals surface area contributed by atoms with Crippen LogP contribution in [0.3, 0.4) is 0 Å². The summed E-state index contributed by atoms with van der Waals surface area (Å²) >= 11 is 0.960. The lowest BCUT2D eigenvalue weighted by molar-refractivity contribution is 0.399. The van der Waals surface area contributed by atoms with Gasteiger partial charge in [0.2, 0.25) is 0 Å². The van der Waals surface area contributed by atoms with Gasteiger partial charge in [-0.3, -0.25) is 0 Å². The number of hydrogen-bond donors (Lipinski definition) is 2. The lowest BCUT2D eigenvalue weighted by Gasteiger charge is -2.00. The number of hydrogen-bond acceptors (Lipinski definition) is 5. The Labute approximate surface area is 79.7 Å². The summed E-state index contributed by atoms with van der Waals surface area (Å²) in [5, 5.41) is 0. The summed E-state index contributed by atoms with van der Waals surface area (Å²) in [5.41, 5.74) is 0. The van der Waals surface area contributed by atoms with Crippen LogP contribution in [0.15, 0.2) is 35.2 Å². The zero-order valence-electron chi connectivity index (χ0n) is 5.95. The van der Waals surface area contributed by atoms with Gasteiger partial charge in [-0.1, -0.05) is 18.2 Å².